The van der Waals surface area contributed by atoms with Gasteiger partial charge in [-0.15, -0.1) is 0 Å². The summed E-state index contributed by atoms with van der Waals surface area (Å²) in [5.41, 5.74) is 0.991. The van der Waals surface area contributed by atoms with Crippen LogP contribution in [0.25, 0.3) is 0 Å². The zero-order valence-corrected chi connectivity index (χ0v) is 21.1. The molecule has 0 bridgehead atoms. The molecule has 33 heavy (non-hydrogen) atoms. The number of amides is 1. The second-order valence-electron chi connectivity index (χ2n) is 8.51. The Hall–Kier alpha value is -2.28. The summed E-state index contributed by atoms with van der Waals surface area (Å²) in [4.78, 5) is 15.0. The molecule has 1 aromatic heterocycles. The molecule has 0 radical (unpaired) electrons. The molecule has 12 heteroatoms. The minimum Gasteiger partial charge on any atom is -0.339 e. The maximum absolute atomic E-state index is 13.2. The highest BCUT2D eigenvalue weighted by molar-refractivity contribution is 7.89. The standard InChI is InChI=1S/C21H31N5O5S2/c1-15(2)19(23-32(28,29)18-9-7-6-8-10-18)21(27)25-11-13-26(14-12-25)33(30,31)20-16(3)22-24(5)17(20)4/h6-10,15,19,23H,11-14H2,1-5H3. The average Bonchev–Trinajstić information content (AvgIpc) is 3.03. The Morgan fingerprint density at radius 3 is 2.06 bits per heavy atom. The second-order valence-corrected chi connectivity index (χ2v) is 12.1. The van der Waals surface area contributed by atoms with Crippen molar-refractivity contribution in [1.82, 2.24) is 23.7 Å². The normalized spacial score (nSPS) is 16.8. The summed E-state index contributed by atoms with van der Waals surface area (Å²) in [5.74, 6) is -0.659. The summed E-state index contributed by atoms with van der Waals surface area (Å²) in [7, 11) is -5.94. The van der Waals surface area contributed by atoms with E-state index in [1.165, 1.54) is 26.0 Å². The summed E-state index contributed by atoms with van der Waals surface area (Å²) >= 11 is 0. The molecule has 1 atom stereocenters. The van der Waals surface area contributed by atoms with E-state index in [1.807, 2.05) is 0 Å². The quantitative estimate of drug-likeness (QED) is 0.606. The van der Waals surface area contributed by atoms with Gasteiger partial charge < -0.3 is 4.90 Å². The van der Waals surface area contributed by atoms with Crippen LogP contribution in [-0.2, 0) is 31.9 Å². The number of hydrogen-bond acceptors (Lipinski definition) is 6. The molecular formula is C21H31N5O5S2. The van der Waals surface area contributed by atoms with E-state index in [-0.39, 0.29) is 47.8 Å². The Kier molecular flexibility index (Phi) is 7.32. The van der Waals surface area contributed by atoms with Crippen molar-refractivity contribution in [3.8, 4) is 0 Å². The van der Waals surface area contributed by atoms with Gasteiger partial charge in [0.25, 0.3) is 0 Å². The fraction of sp³-hybridized carbons (Fsp3) is 0.524. The van der Waals surface area contributed by atoms with E-state index >= 15 is 0 Å². The van der Waals surface area contributed by atoms with Gasteiger partial charge >= 0.3 is 0 Å². The van der Waals surface area contributed by atoms with Gasteiger partial charge in [-0.3, -0.25) is 9.48 Å². The number of nitrogens with zero attached hydrogens (tertiary/aromatic N) is 4. The predicted octanol–water partition coefficient (Wildman–Crippen LogP) is 0.873. The number of aryl methyl sites for hydroxylation is 2. The van der Waals surface area contributed by atoms with Gasteiger partial charge in [0.15, 0.2) is 0 Å². The van der Waals surface area contributed by atoms with Gasteiger partial charge in [0.1, 0.15) is 10.9 Å². The number of carbonyl (C=O) groups excluding carboxylic acids is 1. The molecule has 1 aliphatic rings. The van der Waals surface area contributed by atoms with Gasteiger partial charge in [0.2, 0.25) is 26.0 Å². The first-order chi connectivity index (χ1) is 15.4. The van der Waals surface area contributed by atoms with Gasteiger partial charge in [-0.05, 0) is 31.9 Å². The SMILES string of the molecule is Cc1nn(C)c(C)c1S(=O)(=O)N1CCN(C(=O)C(NS(=O)(=O)c2ccccc2)C(C)C)CC1. The number of sulfonamides is 2. The highest BCUT2D eigenvalue weighted by atomic mass is 32.2. The van der Waals surface area contributed by atoms with Crippen LogP contribution in [0, 0.1) is 19.8 Å². The van der Waals surface area contributed by atoms with Crippen molar-refractivity contribution in [1.29, 1.82) is 0 Å². The number of benzene rings is 1. The van der Waals surface area contributed by atoms with Crippen molar-refractivity contribution < 1.29 is 21.6 Å². The number of rotatable bonds is 7. The van der Waals surface area contributed by atoms with E-state index in [2.05, 4.69) is 9.82 Å². The Labute approximate surface area is 195 Å². The third-order valence-corrected chi connectivity index (χ3v) is 9.47. The van der Waals surface area contributed by atoms with E-state index in [4.69, 9.17) is 0 Å². The smallest absolute Gasteiger partial charge is 0.246 e. The Morgan fingerprint density at radius 1 is 1.00 bits per heavy atom. The van der Waals surface area contributed by atoms with Crippen molar-refractivity contribution >= 4 is 26.0 Å². The van der Waals surface area contributed by atoms with Crippen LogP contribution in [0.1, 0.15) is 25.2 Å². The number of carbonyl (C=O) groups is 1. The zero-order chi connectivity index (χ0) is 24.6. The Balaban J connectivity index is 1.73. The number of piperazine rings is 1. The third kappa shape index (κ3) is 5.13. The van der Waals surface area contributed by atoms with E-state index in [0.29, 0.717) is 11.4 Å². The third-order valence-electron chi connectivity index (χ3n) is 5.86. The minimum atomic E-state index is -3.88. The van der Waals surface area contributed by atoms with Gasteiger partial charge in [-0.25, -0.2) is 16.8 Å². The lowest BCUT2D eigenvalue weighted by Crippen LogP contribution is -2.57. The maximum atomic E-state index is 13.2. The highest BCUT2D eigenvalue weighted by Crippen LogP contribution is 2.24. The van der Waals surface area contributed by atoms with Crippen LogP contribution in [0.2, 0.25) is 0 Å². The fourth-order valence-corrected chi connectivity index (χ4v) is 7.09. The van der Waals surface area contributed by atoms with Crippen molar-refractivity contribution in [3.05, 3.63) is 41.7 Å². The molecule has 10 nitrogen and oxygen atoms in total. The van der Waals surface area contributed by atoms with Crippen LogP contribution in [0.3, 0.4) is 0 Å². The Bertz CT molecular complexity index is 1220. The van der Waals surface area contributed by atoms with Crippen LogP contribution in [-0.4, -0.2) is 73.9 Å². The van der Waals surface area contributed by atoms with Crippen molar-refractivity contribution in [2.24, 2.45) is 13.0 Å². The molecule has 1 aliphatic heterocycles. The number of hydrogen-bond donors (Lipinski definition) is 1. The summed E-state index contributed by atoms with van der Waals surface area (Å²) in [6.07, 6.45) is 0. The maximum Gasteiger partial charge on any atom is 0.246 e. The lowest BCUT2D eigenvalue weighted by molar-refractivity contribution is -0.135. The molecule has 0 aliphatic carbocycles. The van der Waals surface area contributed by atoms with Crippen LogP contribution in [0.15, 0.2) is 40.1 Å². The van der Waals surface area contributed by atoms with Crippen molar-refractivity contribution in [2.75, 3.05) is 26.2 Å². The van der Waals surface area contributed by atoms with E-state index in [9.17, 15) is 21.6 Å². The minimum absolute atomic E-state index is 0.0848. The molecule has 1 aromatic carbocycles. The van der Waals surface area contributed by atoms with Crippen LogP contribution in [0.5, 0.6) is 0 Å². The van der Waals surface area contributed by atoms with Gasteiger partial charge in [0, 0.05) is 33.2 Å². The molecule has 2 heterocycles. The monoisotopic (exact) mass is 497 g/mol. The first-order valence-corrected chi connectivity index (χ1v) is 13.6. The van der Waals surface area contributed by atoms with Gasteiger partial charge in [-0.1, -0.05) is 32.0 Å². The molecule has 3 rings (SSSR count). The average molecular weight is 498 g/mol. The van der Waals surface area contributed by atoms with Crippen LogP contribution < -0.4 is 4.72 Å². The second kappa shape index (κ2) is 9.53. The van der Waals surface area contributed by atoms with Crippen molar-refractivity contribution in [3.63, 3.8) is 0 Å². The van der Waals surface area contributed by atoms with Crippen LogP contribution in [0.4, 0.5) is 0 Å². The molecule has 0 saturated carbocycles. The van der Waals surface area contributed by atoms with Crippen molar-refractivity contribution in [2.45, 2.75) is 43.5 Å². The summed E-state index contributed by atoms with van der Waals surface area (Å²) < 4.78 is 57.3. The molecule has 1 saturated heterocycles. The van der Waals surface area contributed by atoms with E-state index < -0.39 is 26.1 Å². The molecule has 182 valence electrons. The fourth-order valence-electron chi connectivity index (χ4n) is 3.91. The first-order valence-electron chi connectivity index (χ1n) is 10.7. The van der Waals surface area contributed by atoms with Gasteiger partial charge in [0.05, 0.1) is 16.3 Å². The molecule has 1 unspecified atom stereocenters. The molecule has 0 spiro atoms. The van der Waals surface area contributed by atoms with Crippen LogP contribution >= 0.6 is 0 Å². The highest BCUT2D eigenvalue weighted by Gasteiger charge is 2.37. The zero-order valence-electron chi connectivity index (χ0n) is 19.5. The topological polar surface area (TPSA) is 122 Å². The molecule has 1 fully saturated rings. The van der Waals surface area contributed by atoms with E-state index in [0.717, 1.165) is 0 Å². The molecule has 1 N–H and O–H groups in total. The van der Waals surface area contributed by atoms with E-state index in [1.54, 1.807) is 52.9 Å². The molecule has 1 amide bonds. The van der Waals surface area contributed by atoms with Gasteiger partial charge in [-0.2, -0.15) is 14.1 Å². The summed E-state index contributed by atoms with van der Waals surface area (Å²) in [6.45, 7) is 7.50. The first kappa shape index (κ1) is 25.3. The molecule has 2 aromatic rings. The number of nitrogens with one attached hydrogen (secondary N) is 1. The summed E-state index contributed by atoms with van der Waals surface area (Å²) in [5, 5.41) is 4.20. The number of aromatic nitrogens is 2. The lowest BCUT2D eigenvalue weighted by atomic mass is 10.0. The predicted molar refractivity (Wildman–Crippen MR) is 123 cm³/mol. The molecular weight excluding hydrogens is 466 g/mol. The lowest BCUT2D eigenvalue weighted by Gasteiger charge is -2.36. The largest absolute Gasteiger partial charge is 0.339 e. The Morgan fingerprint density at radius 2 is 1.58 bits per heavy atom. The summed E-state index contributed by atoms with van der Waals surface area (Å²) in [6, 6.07) is 6.93.